The standard InChI is InChI=1S/C49H63ClFN4O7PS/c1-29(2)52-47-54-39(28-64-47)38-22-43(35-18-19-42(61-7)44(50)45(35)53-38)62-34-21-40-41(57)25-49(63(59,60)27-36-30(3)14-13-17-37(36)51)23-32(49)16-12-10-8-9-11-15-31(46(58)55(40)26-34)20-33(56)24-48(4,5)6/h13-14,17-19,22,28-29,31-32,34,40H,8-12,15-16,20-21,23-27H2,1-7H3,(H,52,54)(H,59,60)/t31-,32-,34-,40+,49-/m1/s1. The van der Waals surface area contributed by atoms with E-state index in [9.17, 15) is 14.3 Å². The maximum atomic E-state index is 15.2. The highest BCUT2D eigenvalue weighted by Gasteiger charge is 2.65. The molecular formula is C49H63ClFN4O7PS. The summed E-state index contributed by atoms with van der Waals surface area (Å²) in [4.78, 5) is 67.0. The fourth-order valence-corrected chi connectivity index (χ4v) is 13.8. The summed E-state index contributed by atoms with van der Waals surface area (Å²) in [5.41, 5.74) is 2.06. The number of thiazole rings is 1. The van der Waals surface area contributed by atoms with E-state index >= 15 is 14.0 Å². The zero-order chi connectivity index (χ0) is 46.1. The van der Waals surface area contributed by atoms with Crippen molar-refractivity contribution in [3.8, 4) is 22.9 Å². The number of anilines is 1. The second-order valence-corrected chi connectivity index (χ2v) is 23.7. The molecule has 3 aliphatic rings. The zero-order valence-electron chi connectivity index (χ0n) is 38.2. The van der Waals surface area contributed by atoms with Crippen LogP contribution in [0.25, 0.3) is 22.3 Å². The van der Waals surface area contributed by atoms with Crippen molar-refractivity contribution in [1.29, 1.82) is 0 Å². The van der Waals surface area contributed by atoms with Gasteiger partial charge in [-0.15, -0.1) is 11.3 Å². The maximum Gasteiger partial charge on any atom is 0.226 e. The van der Waals surface area contributed by atoms with Gasteiger partial charge in [-0.25, -0.2) is 14.4 Å². The Hall–Kier alpha value is -3.90. The second kappa shape index (κ2) is 19.5. The van der Waals surface area contributed by atoms with Gasteiger partial charge >= 0.3 is 0 Å². The lowest BCUT2D eigenvalue weighted by molar-refractivity contribution is -0.143. The van der Waals surface area contributed by atoms with E-state index in [-0.39, 0.29) is 77.4 Å². The topological polar surface area (TPSA) is 148 Å². The monoisotopic (exact) mass is 936 g/mol. The summed E-state index contributed by atoms with van der Waals surface area (Å²) in [6.07, 6.45) is 5.15. The molecule has 2 saturated heterocycles. The minimum Gasteiger partial charge on any atom is -0.495 e. The van der Waals surface area contributed by atoms with E-state index in [1.807, 2.05) is 46.1 Å². The first-order valence-electron chi connectivity index (χ1n) is 22.8. The largest absolute Gasteiger partial charge is 0.495 e. The van der Waals surface area contributed by atoms with Crippen molar-refractivity contribution in [1.82, 2.24) is 14.9 Å². The molecule has 6 atom stereocenters. The lowest BCUT2D eigenvalue weighted by Crippen LogP contribution is -2.45. The summed E-state index contributed by atoms with van der Waals surface area (Å²) in [5, 5.41) is 5.61. The molecule has 0 radical (unpaired) electrons. The van der Waals surface area contributed by atoms with E-state index in [0.29, 0.717) is 65.0 Å². The molecule has 2 aromatic carbocycles. The number of nitrogens with one attached hydrogen (secondary N) is 1. The number of hydrogen-bond donors (Lipinski definition) is 2. The second-order valence-electron chi connectivity index (χ2n) is 19.9. The number of nitrogens with zero attached hydrogens (tertiary/aromatic N) is 3. The van der Waals surface area contributed by atoms with Crippen LogP contribution in [0.4, 0.5) is 9.52 Å². The van der Waals surface area contributed by atoms with Gasteiger partial charge in [0.25, 0.3) is 0 Å². The number of carbonyl (C=O) groups excluding carboxylic acids is 3. The Morgan fingerprint density at radius 1 is 1.08 bits per heavy atom. The van der Waals surface area contributed by atoms with Crippen LogP contribution >= 0.6 is 30.3 Å². The number of ether oxygens (including phenoxy) is 2. The van der Waals surface area contributed by atoms with Crippen LogP contribution in [0.2, 0.25) is 5.02 Å². The highest BCUT2D eigenvalue weighted by atomic mass is 35.5. The van der Waals surface area contributed by atoms with Gasteiger partial charge in [-0.05, 0) is 75.1 Å². The van der Waals surface area contributed by atoms with Gasteiger partial charge in [-0.3, -0.25) is 18.9 Å². The van der Waals surface area contributed by atoms with Gasteiger partial charge in [0, 0.05) is 60.0 Å². The van der Waals surface area contributed by atoms with Gasteiger partial charge in [0.05, 0.1) is 42.2 Å². The third-order valence-corrected chi connectivity index (χ3v) is 17.2. The fraction of sp³-hybridized carbons (Fsp3) is 0.571. The minimum atomic E-state index is -4.18. The number of benzene rings is 2. The van der Waals surface area contributed by atoms with Gasteiger partial charge in [0.2, 0.25) is 13.3 Å². The first-order valence-corrected chi connectivity index (χ1v) is 25.9. The van der Waals surface area contributed by atoms with Crippen LogP contribution in [-0.2, 0) is 25.1 Å². The Bertz CT molecular complexity index is 2420. The van der Waals surface area contributed by atoms with Crippen molar-refractivity contribution in [3.05, 3.63) is 63.7 Å². The molecule has 4 heterocycles. The van der Waals surface area contributed by atoms with Gasteiger partial charge in [-0.2, -0.15) is 0 Å². The van der Waals surface area contributed by atoms with Crippen LogP contribution < -0.4 is 14.8 Å². The molecule has 1 amide bonds. The Labute approximate surface area is 385 Å². The molecule has 4 aromatic rings. The number of rotatable bonds is 12. The number of carbonyl (C=O) groups is 3. The van der Waals surface area contributed by atoms with Crippen molar-refractivity contribution >= 4 is 63.8 Å². The number of amides is 1. The summed E-state index contributed by atoms with van der Waals surface area (Å²) in [7, 11) is -2.66. The van der Waals surface area contributed by atoms with Gasteiger partial charge in [0.1, 0.15) is 39.9 Å². The molecule has 15 heteroatoms. The number of fused-ring (bicyclic) bond motifs is 3. The van der Waals surface area contributed by atoms with E-state index < -0.39 is 36.4 Å². The van der Waals surface area contributed by atoms with E-state index in [2.05, 4.69) is 5.32 Å². The predicted molar refractivity (Wildman–Crippen MR) is 252 cm³/mol. The molecule has 0 bridgehead atoms. The number of pyridine rings is 1. The molecule has 1 unspecified atom stereocenters. The molecule has 0 spiro atoms. The third kappa shape index (κ3) is 10.7. The molecular weight excluding hydrogens is 874 g/mol. The Kier molecular flexibility index (Phi) is 14.7. The quantitative estimate of drug-likeness (QED) is 0.132. The number of aryl methyl sites for hydroxylation is 1. The van der Waals surface area contributed by atoms with Crippen LogP contribution in [0.1, 0.15) is 123 Å². The summed E-state index contributed by atoms with van der Waals surface area (Å²) >= 11 is 8.35. The van der Waals surface area contributed by atoms with Crippen LogP contribution in [0.3, 0.4) is 0 Å². The highest BCUT2D eigenvalue weighted by Crippen LogP contribution is 2.75. The third-order valence-electron chi connectivity index (χ3n) is 13.2. The summed E-state index contributed by atoms with van der Waals surface area (Å²) in [5.74, 6) is -1.11. The first kappa shape index (κ1) is 48.0. The molecule has 11 nitrogen and oxygen atoms in total. The maximum absolute atomic E-state index is 15.2. The lowest BCUT2D eigenvalue weighted by Gasteiger charge is -2.30. The summed E-state index contributed by atoms with van der Waals surface area (Å²) in [6, 6.07) is 9.14. The van der Waals surface area contributed by atoms with Crippen LogP contribution in [0.5, 0.6) is 11.5 Å². The Morgan fingerprint density at radius 3 is 2.52 bits per heavy atom. The van der Waals surface area contributed by atoms with E-state index in [4.69, 9.17) is 31.0 Å². The number of aromatic nitrogens is 2. The van der Waals surface area contributed by atoms with Crippen LogP contribution in [0, 0.1) is 30.0 Å². The number of ketones is 2. The van der Waals surface area contributed by atoms with Gasteiger partial charge in [0.15, 0.2) is 10.9 Å². The number of halogens is 2. The summed E-state index contributed by atoms with van der Waals surface area (Å²) < 4.78 is 42.4. The fourth-order valence-electron chi connectivity index (χ4n) is 9.87. The zero-order valence-corrected chi connectivity index (χ0v) is 40.6. The molecule has 1 saturated carbocycles. The van der Waals surface area contributed by atoms with Crippen molar-refractivity contribution in [2.75, 3.05) is 19.0 Å². The highest BCUT2D eigenvalue weighted by molar-refractivity contribution is 7.59. The van der Waals surface area contributed by atoms with Gasteiger partial charge in [-0.1, -0.05) is 76.6 Å². The predicted octanol–water partition coefficient (Wildman–Crippen LogP) is 11.6. The van der Waals surface area contributed by atoms with Crippen LogP contribution in [-0.4, -0.2) is 74.2 Å². The molecule has 2 aliphatic heterocycles. The van der Waals surface area contributed by atoms with E-state index in [1.54, 1.807) is 36.1 Å². The smallest absolute Gasteiger partial charge is 0.226 e. The first-order chi connectivity index (χ1) is 30.3. The number of methoxy groups -OCH3 is 1. The SMILES string of the molecule is COc1ccc2c(O[C@@H]3C[C@H]4C(=O)C[C@]5(P(=O)(O)Cc6c(C)cccc6F)C[C@H]5CCCCCCC[C@H](CC(=O)CC(C)(C)C)C(=O)N4C3)cc(-c3csc(NC(C)C)n3)nc2c1Cl. The molecule has 1 aliphatic carbocycles. The molecule has 7 rings (SSSR count). The average Bonchev–Trinajstić information content (AvgIpc) is 3.49. The molecule has 3 fully saturated rings. The minimum absolute atomic E-state index is 0.0000419. The van der Waals surface area contributed by atoms with Crippen molar-refractivity contribution in [2.45, 2.75) is 148 Å². The van der Waals surface area contributed by atoms with Crippen molar-refractivity contribution < 1.29 is 37.7 Å². The Morgan fingerprint density at radius 2 is 1.81 bits per heavy atom. The number of Topliss-reactive ketones (excluding diaryl/α,β-unsaturated/α-hetero) is 2. The normalized spacial score (nSPS) is 24.4. The number of hydrogen-bond acceptors (Lipinski definition) is 10. The average molecular weight is 938 g/mol. The van der Waals surface area contributed by atoms with Crippen molar-refractivity contribution in [3.63, 3.8) is 0 Å². The Balaban J connectivity index is 1.26. The molecule has 2 N–H and O–H groups in total. The van der Waals surface area contributed by atoms with E-state index in [1.165, 1.54) is 24.5 Å². The van der Waals surface area contributed by atoms with Crippen molar-refractivity contribution in [2.24, 2.45) is 17.3 Å². The molecule has 64 heavy (non-hydrogen) atoms. The molecule has 346 valence electrons. The summed E-state index contributed by atoms with van der Waals surface area (Å²) in [6.45, 7) is 11.9. The lowest BCUT2D eigenvalue weighted by atomic mass is 9.85. The van der Waals surface area contributed by atoms with E-state index in [0.717, 1.165) is 37.2 Å². The van der Waals surface area contributed by atoms with Crippen LogP contribution in [0.15, 0.2) is 41.8 Å². The molecule has 2 aromatic heterocycles. The van der Waals surface area contributed by atoms with Gasteiger partial charge < -0.3 is 24.6 Å².